The van der Waals surface area contributed by atoms with Crippen molar-refractivity contribution in [2.75, 3.05) is 26.1 Å². The molecule has 0 aliphatic heterocycles. The largest absolute Gasteiger partial charge is 0.467 e. The van der Waals surface area contributed by atoms with Gasteiger partial charge in [0, 0.05) is 30.3 Å². The molecular weight excluding hydrogens is 334 g/mol. The van der Waals surface area contributed by atoms with E-state index in [9.17, 15) is 4.79 Å². The normalized spacial score (nSPS) is 13.7. The summed E-state index contributed by atoms with van der Waals surface area (Å²) in [5.74, 6) is -0.337. The van der Waals surface area contributed by atoms with Crippen LogP contribution in [0.25, 0.3) is 0 Å². The zero-order valence-corrected chi connectivity index (χ0v) is 13.5. The van der Waals surface area contributed by atoms with Gasteiger partial charge in [0.2, 0.25) is 0 Å². The molecular formula is C13H17BrClNO3. The first kappa shape index (κ1) is 16.3. The van der Waals surface area contributed by atoms with Gasteiger partial charge in [-0.1, -0.05) is 11.6 Å². The van der Waals surface area contributed by atoms with E-state index in [1.54, 1.807) is 26.2 Å². The number of hydrogen-bond acceptors (Lipinski definition) is 4. The quantitative estimate of drug-likeness (QED) is 0.798. The summed E-state index contributed by atoms with van der Waals surface area (Å²) in [5.41, 5.74) is -0.0711. The number of carbonyl (C=O) groups excluding carboxylic acids is 1. The molecule has 1 rings (SSSR count). The lowest BCUT2D eigenvalue weighted by molar-refractivity contribution is -0.146. The minimum atomic E-state index is -0.849. The lowest BCUT2D eigenvalue weighted by atomic mass is 9.98. The van der Waals surface area contributed by atoms with Gasteiger partial charge in [-0.15, -0.1) is 0 Å². The second-order valence-electron chi connectivity index (χ2n) is 4.32. The van der Waals surface area contributed by atoms with E-state index in [1.165, 1.54) is 7.11 Å². The molecule has 1 N–H and O–H groups in total. The number of nitrogens with one attached hydrogen (secondary N) is 1. The van der Waals surface area contributed by atoms with Gasteiger partial charge in [0.25, 0.3) is 0 Å². The third kappa shape index (κ3) is 4.37. The SMILES string of the molecule is COCCC(C)(Nc1ccc(Cl)c(Br)c1)C(=O)OC. The number of benzene rings is 1. The fraction of sp³-hybridized carbons (Fsp3) is 0.462. The molecule has 19 heavy (non-hydrogen) atoms. The minimum absolute atomic E-state index is 0.337. The molecule has 106 valence electrons. The molecule has 0 radical (unpaired) electrons. The summed E-state index contributed by atoms with van der Waals surface area (Å²) in [6, 6.07) is 5.37. The zero-order valence-electron chi connectivity index (χ0n) is 11.1. The van der Waals surface area contributed by atoms with Crippen LogP contribution in [-0.2, 0) is 14.3 Å². The van der Waals surface area contributed by atoms with Gasteiger partial charge in [-0.05, 0) is 41.1 Å². The Kier molecular flexibility index (Phi) is 6.10. The van der Waals surface area contributed by atoms with Gasteiger partial charge in [-0.25, -0.2) is 4.79 Å². The number of carbonyl (C=O) groups is 1. The first-order valence-corrected chi connectivity index (χ1v) is 6.90. The molecule has 0 aromatic heterocycles. The summed E-state index contributed by atoms with van der Waals surface area (Å²) >= 11 is 9.29. The Bertz CT molecular complexity index is 456. The molecule has 0 saturated carbocycles. The molecule has 0 bridgehead atoms. The van der Waals surface area contributed by atoms with Crippen molar-refractivity contribution in [1.82, 2.24) is 0 Å². The number of methoxy groups -OCH3 is 2. The number of hydrogen-bond donors (Lipinski definition) is 1. The van der Waals surface area contributed by atoms with Crippen LogP contribution in [0.3, 0.4) is 0 Å². The summed E-state index contributed by atoms with van der Waals surface area (Å²) in [6.45, 7) is 2.23. The van der Waals surface area contributed by atoms with E-state index in [0.717, 1.165) is 10.2 Å². The third-order valence-corrected chi connectivity index (χ3v) is 4.00. The second-order valence-corrected chi connectivity index (χ2v) is 5.58. The van der Waals surface area contributed by atoms with Crippen LogP contribution in [0.15, 0.2) is 22.7 Å². The minimum Gasteiger partial charge on any atom is -0.467 e. The summed E-state index contributed by atoms with van der Waals surface area (Å²) in [7, 11) is 2.96. The second kappa shape index (κ2) is 7.12. The van der Waals surface area contributed by atoms with Gasteiger partial charge >= 0.3 is 5.97 Å². The number of esters is 1. The molecule has 0 aliphatic carbocycles. The maximum atomic E-state index is 11.9. The van der Waals surface area contributed by atoms with Crippen LogP contribution in [0.4, 0.5) is 5.69 Å². The molecule has 1 aromatic rings. The maximum Gasteiger partial charge on any atom is 0.331 e. The van der Waals surface area contributed by atoms with Crippen molar-refractivity contribution in [2.24, 2.45) is 0 Å². The summed E-state index contributed by atoms with van der Waals surface area (Å²) < 4.78 is 10.6. The predicted molar refractivity (Wildman–Crippen MR) is 79.7 cm³/mol. The van der Waals surface area contributed by atoms with Crippen molar-refractivity contribution in [1.29, 1.82) is 0 Å². The molecule has 0 amide bonds. The first-order chi connectivity index (χ1) is 8.92. The highest BCUT2D eigenvalue weighted by Crippen LogP contribution is 2.28. The van der Waals surface area contributed by atoms with Crippen LogP contribution in [0.1, 0.15) is 13.3 Å². The Labute approximate surface area is 126 Å². The highest BCUT2D eigenvalue weighted by atomic mass is 79.9. The molecule has 1 atom stereocenters. The predicted octanol–water partition coefficient (Wildman–Crippen LogP) is 3.48. The van der Waals surface area contributed by atoms with E-state index in [0.29, 0.717) is 18.1 Å². The molecule has 0 heterocycles. The van der Waals surface area contributed by atoms with Gasteiger partial charge in [0.1, 0.15) is 5.54 Å². The zero-order chi connectivity index (χ0) is 14.5. The monoisotopic (exact) mass is 349 g/mol. The lowest BCUT2D eigenvalue weighted by Gasteiger charge is -2.29. The third-order valence-electron chi connectivity index (χ3n) is 2.78. The topological polar surface area (TPSA) is 47.6 Å². The Morgan fingerprint density at radius 1 is 1.47 bits per heavy atom. The number of halogens is 2. The molecule has 0 fully saturated rings. The van der Waals surface area contributed by atoms with E-state index in [1.807, 2.05) is 6.07 Å². The highest BCUT2D eigenvalue weighted by Gasteiger charge is 2.34. The molecule has 1 aromatic carbocycles. The average molecular weight is 351 g/mol. The number of rotatable bonds is 6. The molecule has 0 saturated heterocycles. The number of ether oxygens (including phenoxy) is 2. The molecule has 0 aliphatic rings. The van der Waals surface area contributed by atoms with Gasteiger partial charge in [-0.2, -0.15) is 0 Å². The average Bonchev–Trinajstić information content (AvgIpc) is 2.39. The fourth-order valence-electron chi connectivity index (χ4n) is 1.64. The fourth-order valence-corrected chi connectivity index (χ4v) is 2.14. The van der Waals surface area contributed by atoms with Gasteiger partial charge in [-0.3, -0.25) is 0 Å². The van der Waals surface area contributed by atoms with Gasteiger partial charge in [0.15, 0.2) is 0 Å². The van der Waals surface area contributed by atoms with E-state index in [4.69, 9.17) is 21.1 Å². The molecule has 4 nitrogen and oxygen atoms in total. The van der Waals surface area contributed by atoms with Gasteiger partial charge in [0.05, 0.1) is 12.1 Å². The Hall–Kier alpha value is -0.780. The van der Waals surface area contributed by atoms with Gasteiger partial charge < -0.3 is 14.8 Å². The first-order valence-electron chi connectivity index (χ1n) is 5.73. The van der Waals surface area contributed by atoms with Crippen LogP contribution in [0.5, 0.6) is 0 Å². The van der Waals surface area contributed by atoms with Crippen molar-refractivity contribution in [3.63, 3.8) is 0 Å². The number of anilines is 1. The summed E-state index contributed by atoms with van der Waals surface area (Å²) in [6.07, 6.45) is 0.496. The highest BCUT2D eigenvalue weighted by molar-refractivity contribution is 9.10. The van der Waals surface area contributed by atoms with Crippen molar-refractivity contribution >= 4 is 39.2 Å². The van der Waals surface area contributed by atoms with E-state index >= 15 is 0 Å². The van der Waals surface area contributed by atoms with E-state index < -0.39 is 5.54 Å². The Balaban J connectivity index is 2.93. The van der Waals surface area contributed by atoms with Crippen LogP contribution in [0, 0.1) is 0 Å². The van der Waals surface area contributed by atoms with Crippen molar-refractivity contribution in [2.45, 2.75) is 18.9 Å². The van der Waals surface area contributed by atoms with Crippen LogP contribution < -0.4 is 5.32 Å². The molecule has 1 unspecified atom stereocenters. The molecule has 0 spiro atoms. The van der Waals surface area contributed by atoms with E-state index in [2.05, 4.69) is 21.2 Å². The maximum absolute atomic E-state index is 11.9. The van der Waals surface area contributed by atoms with E-state index in [-0.39, 0.29) is 5.97 Å². The van der Waals surface area contributed by atoms with Crippen molar-refractivity contribution in [3.8, 4) is 0 Å². The smallest absolute Gasteiger partial charge is 0.331 e. The summed E-state index contributed by atoms with van der Waals surface area (Å²) in [5, 5.41) is 3.78. The van der Waals surface area contributed by atoms with Crippen LogP contribution >= 0.6 is 27.5 Å². The van der Waals surface area contributed by atoms with Crippen LogP contribution in [-0.4, -0.2) is 32.3 Å². The van der Waals surface area contributed by atoms with Crippen molar-refractivity contribution in [3.05, 3.63) is 27.7 Å². The Morgan fingerprint density at radius 3 is 2.68 bits per heavy atom. The standard InChI is InChI=1S/C13H17BrClNO3/c1-13(6-7-18-2,12(17)19-3)16-9-4-5-11(15)10(14)8-9/h4-5,8,16H,6-7H2,1-3H3. The lowest BCUT2D eigenvalue weighted by Crippen LogP contribution is -2.45. The Morgan fingerprint density at radius 2 is 2.16 bits per heavy atom. The summed E-state index contributed by atoms with van der Waals surface area (Å²) in [4.78, 5) is 11.9. The molecule has 6 heteroatoms. The van der Waals surface area contributed by atoms with Crippen molar-refractivity contribution < 1.29 is 14.3 Å². The van der Waals surface area contributed by atoms with Crippen LogP contribution in [0.2, 0.25) is 5.02 Å².